The number of amides is 1. The van der Waals surface area contributed by atoms with E-state index in [1.54, 1.807) is 34.9 Å². The fourth-order valence-corrected chi connectivity index (χ4v) is 3.51. The number of benzene rings is 1. The van der Waals surface area contributed by atoms with Gasteiger partial charge in [0.1, 0.15) is 16.5 Å². The van der Waals surface area contributed by atoms with E-state index in [0.717, 1.165) is 10.6 Å². The highest BCUT2D eigenvalue weighted by Gasteiger charge is 2.12. The van der Waals surface area contributed by atoms with Crippen LogP contribution >= 0.6 is 22.7 Å². The molecule has 3 nitrogen and oxygen atoms in total. The second-order valence-electron chi connectivity index (χ2n) is 4.65. The molecule has 0 spiro atoms. The van der Waals surface area contributed by atoms with Gasteiger partial charge in [0.05, 0.1) is 0 Å². The number of aromatic nitrogens is 1. The van der Waals surface area contributed by atoms with Crippen molar-refractivity contribution in [1.82, 2.24) is 10.3 Å². The van der Waals surface area contributed by atoms with Crippen molar-refractivity contribution in [3.8, 4) is 10.6 Å². The molecule has 1 N–H and O–H groups in total. The number of hydrogen-bond donors (Lipinski definition) is 1. The second-order valence-corrected chi connectivity index (χ2v) is 6.29. The molecule has 2 aromatic heterocycles. The molecular formula is C16H13FN2OS2. The third-order valence-corrected chi connectivity index (χ3v) is 4.72. The number of halogens is 1. The molecule has 0 atom stereocenters. The Morgan fingerprint density at radius 1 is 1.23 bits per heavy atom. The lowest BCUT2D eigenvalue weighted by atomic mass is 10.1. The van der Waals surface area contributed by atoms with Crippen LogP contribution in [-0.4, -0.2) is 17.4 Å². The van der Waals surface area contributed by atoms with E-state index >= 15 is 0 Å². The van der Waals surface area contributed by atoms with Crippen molar-refractivity contribution in [2.24, 2.45) is 0 Å². The first-order valence-electron chi connectivity index (χ1n) is 6.74. The number of thiazole rings is 1. The number of carbonyl (C=O) groups excluding carboxylic acids is 1. The molecule has 6 heteroatoms. The Kier molecular flexibility index (Phi) is 4.60. The topological polar surface area (TPSA) is 42.0 Å². The summed E-state index contributed by atoms with van der Waals surface area (Å²) in [5.74, 6) is -0.473. The Morgan fingerprint density at radius 3 is 2.86 bits per heavy atom. The predicted molar refractivity (Wildman–Crippen MR) is 87.9 cm³/mol. The first kappa shape index (κ1) is 14.9. The number of rotatable bonds is 5. The van der Waals surface area contributed by atoms with Crippen LogP contribution in [0.2, 0.25) is 0 Å². The zero-order valence-electron chi connectivity index (χ0n) is 11.6. The molecule has 0 saturated carbocycles. The summed E-state index contributed by atoms with van der Waals surface area (Å²) in [5, 5.41) is 9.33. The first-order chi connectivity index (χ1) is 10.7. The van der Waals surface area contributed by atoms with Crippen LogP contribution in [0.3, 0.4) is 0 Å². The van der Waals surface area contributed by atoms with Gasteiger partial charge in [-0.15, -0.1) is 11.3 Å². The maximum absolute atomic E-state index is 13.5. The largest absolute Gasteiger partial charge is 0.350 e. The maximum atomic E-state index is 13.5. The zero-order chi connectivity index (χ0) is 15.4. The summed E-state index contributed by atoms with van der Waals surface area (Å²) in [6.07, 6.45) is 0.458. The molecule has 22 heavy (non-hydrogen) atoms. The number of nitrogens with one attached hydrogen (secondary N) is 1. The van der Waals surface area contributed by atoms with E-state index in [2.05, 4.69) is 10.3 Å². The van der Waals surface area contributed by atoms with Crippen LogP contribution in [-0.2, 0) is 6.42 Å². The summed E-state index contributed by atoms with van der Waals surface area (Å²) in [5.41, 5.74) is 2.03. The van der Waals surface area contributed by atoms with E-state index in [1.807, 2.05) is 16.8 Å². The molecule has 0 saturated heterocycles. The van der Waals surface area contributed by atoms with Crippen LogP contribution in [0.4, 0.5) is 4.39 Å². The number of thiophene rings is 1. The van der Waals surface area contributed by atoms with Gasteiger partial charge >= 0.3 is 0 Å². The summed E-state index contributed by atoms with van der Waals surface area (Å²) in [7, 11) is 0. The van der Waals surface area contributed by atoms with Gasteiger partial charge in [-0.05, 0) is 29.5 Å². The van der Waals surface area contributed by atoms with Gasteiger partial charge in [-0.25, -0.2) is 9.37 Å². The Bertz CT molecular complexity index is 768. The molecule has 0 bridgehead atoms. The van der Waals surface area contributed by atoms with E-state index in [1.165, 1.54) is 17.4 Å². The SMILES string of the molecule is O=C(NCCc1ccccc1F)c1csc(-c2ccsc2)n1. The molecule has 3 aromatic rings. The molecule has 2 heterocycles. The highest BCUT2D eigenvalue weighted by molar-refractivity contribution is 7.14. The monoisotopic (exact) mass is 332 g/mol. The quantitative estimate of drug-likeness (QED) is 0.768. The molecule has 0 fully saturated rings. The lowest BCUT2D eigenvalue weighted by Crippen LogP contribution is -2.26. The number of hydrogen-bond acceptors (Lipinski definition) is 4. The van der Waals surface area contributed by atoms with Gasteiger partial charge in [-0.3, -0.25) is 4.79 Å². The second kappa shape index (κ2) is 6.81. The predicted octanol–water partition coefficient (Wildman–Crippen LogP) is 3.98. The van der Waals surface area contributed by atoms with Gasteiger partial charge in [-0.2, -0.15) is 11.3 Å². The van der Waals surface area contributed by atoms with Gasteiger partial charge in [0, 0.05) is 22.9 Å². The Morgan fingerprint density at radius 2 is 2.09 bits per heavy atom. The van der Waals surface area contributed by atoms with Gasteiger partial charge in [0.15, 0.2) is 0 Å². The average Bonchev–Trinajstić information content (AvgIpc) is 3.20. The minimum Gasteiger partial charge on any atom is -0.350 e. The van der Waals surface area contributed by atoms with Crippen LogP contribution in [0.1, 0.15) is 16.1 Å². The molecule has 112 valence electrons. The van der Waals surface area contributed by atoms with Crippen LogP contribution < -0.4 is 5.32 Å². The van der Waals surface area contributed by atoms with Crippen molar-refractivity contribution in [3.63, 3.8) is 0 Å². The summed E-state index contributed by atoms with van der Waals surface area (Å²) >= 11 is 3.04. The van der Waals surface area contributed by atoms with Crippen molar-refractivity contribution >= 4 is 28.6 Å². The highest BCUT2D eigenvalue weighted by Crippen LogP contribution is 2.25. The van der Waals surface area contributed by atoms with E-state index in [0.29, 0.717) is 24.2 Å². The normalized spacial score (nSPS) is 10.6. The molecule has 1 aromatic carbocycles. The van der Waals surface area contributed by atoms with Crippen LogP contribution in [0.25, 0.3) is 10.6 Å². The molecule has 0 radical (unpaired) electrons. The summed E-state index contributed by atoms with van der Waals surface area (Å²) in [6.45, 7) is 0.380. The molecule has 0 aliphatic rings. The highest BCUT2D eigenvalue weighted by atomic mass is 32.1. The van der Waals surface area contributed by atoms with E-state index in [-0.39, 0.29) is 11.7 Å². The van der Waals surface area contributed by atoms with Gasteiger partial charge < -0.3 is 5.32 Å². The molecule has 1 amide bonds. The third-order valence-electron chi connectivity index (χ3n) is 3.14. The van der Waals surface area contributed by atoms with Crippen LogP contribution in [0.15, 0.2) is 46.5 Å². The molecule has 0 aliphatic carbocycles. The van der Waals surface area contributed by atoms with Gasteiger partial charge in [0.2, 0.25) is 0 Å². The Balaban J connectivity index is 1.57. The summed E-state index contributed by atoms with van der Waals surface area (Å²) < 4.78 is 13.5. The van der Waals surface area contributed by atoms with Crippen molar-refractivity contribution < 1.29 is 9.18 Å². The fourth-order valence-electron chi connectivity index (χ4n) is 2.00. The molecule has 0 unspecified atom stereocenters. The maximum Gasteiger partial charge on any atom is 0.270 e. The Hall–Kier alpha value is -2.05. The summed E-state index contributed by atoms with van der Waals surface area (Å²) in [6, 6.07) is 8.56. The lowest BCUT2D eigenvalue weighted by Gasteiger charge is -2.04. The van der Waals surface area contributed by atoms with Crippen molar-refractivity contribution in [3.05, 3.63) is 63.5 Å². The molecule has 3 rings (SSSR count). The van der Waals surface area contributed by atoms with Gasteiger partial charge in [0.25, 0.3) is 5.91 Å². The minimum absolute atomic E-state index is 0.228. The van der Waals surface area contributed by atoms with Crippen molar-refractivity contribution in [2.45, 2.75) is 6.42 Å². The third kappa shape index (κ3) is 3.40. The van der Waals surface area contributed by atoms with Crippen molar-refractivity contribution in [1.29, 1.82) is 0 Å². The molecule has 0 aliphatic heterocycles. The number of nitrogens with zero attached hydrogens (tertiary/aromatic N) is 1. The van der Waals surface area contributed by atoms with Gasteiger partial charge in [-0.1, -0.05) is 18.2 Å². The van der Waals surface area contributed by atoms with E-state index in [4.69, 9.17) is 0 Å². The standard InChI is InChI=1S/C16H13FN2OS2/c17-13-4-2-1-3-11(13)5-7-18-15(20)14-10-22-16(19-14)12-6-8-21-9-12/h1-4,6,8-10H,5,7H2,(H,18,20). The van der Waals surface area contributed by atoms with E-state index < -0.39 is 0 Å². The lowest BCUT2D eigenvalue weighted by molar-refractivity contribution is 0.0950. The summed E-state index contributed by atoms with van der Waals surface area (Å²) in [4.78, 5) is 16.4. The van der Waals surface area contributed by atoms with Crippen LogP contribution in [0.5, 0.6) is 0 Å². The van der Waals surface area contributed by atoms with Crippen LogP contribution in [0, 0.1) is 5.82 Å². The Labute approximate surface area is 135 Å². The first-order valence-corrected chi connectivity index (χ1v) is 8.56. The van der Waals surface area contributed by atoms with Crippen molar-refractivity contribution in [2.75, 3.05) is 6.54 Å². The fraction of sp³-hybridized carbons (Fsp3) is 0.125. The molecular weight excluding hydrogens is 319 g/mol. The minimum atomic E-state index is -0.245. The number of carbonyl (C=O) groups is 1. The zero-order valence-corrected chi connectivity index (χ0v) is 13.2. The smallest absolute Gasteiger partial charge is 0.270 e. The average molecular weight is 332 g/mol. The van der Waals surface area contributed by atoms with E-state index in [9.17, 15) is 9.18 Å².